The van der Waals surface area contributed by atoms with Gasteiger partial charge in [0.25, 0.3) is 0 Å². The molecule has 0 atom stereocenters. The number of nitrogens with zero attached hydrogens (tertiary/aromatic N) is 1. The molecule has 1 heterocycles. The summed E-state index contributed by atoms with van der Waals surface area (Å²) in [6.45, 7) is 0. The minimum Gasteiger partial charge on any atom is -0.397 e. The van der Waals surface area contributed by atoms with Crippen molar-refractivity contribution in [1.29, 1.82) is 0 Å². The molecule has 0 unspecified atom stereocenters. The maximum absolute atomic E-state index is 13.1. The van der Waals surface area contributed by atoms with E-state index in [2.05, 4.69) is 68.7 Å². The van der Waals surface area contributed by atoms with E-state index in [1.165, 1.54) is 0 Å². The Labute approximate surface area is 182 Å². The van der Waals surface area contributed by atoms with Gasteiger partial charge >= 0.3 is 0 Å². The fourth-order valence-corrected chi connectivity index (χ4v) is 5.63. The molecule has 1 aliphatic rings. The van der Waals surface area contributed by atoms with E-state index >= 15 is 0 Å². The predicted molar refractivity (Wildman–Crippen MR) is 115 cm³/mol. The fraction of sp³-hybridized carbons (Fsp3) is 0.0556. The average Bonchev–Trinajstić information content (AvgIpc) is 2.89. The number of rotatable bonds is 1. The highest BCUT2D eigenvalue weighted by Gasteiger charge is 2.44. The van der Waals surface area contributed by atoms with Gasteiger partial charge in [-0.05, 0) is 75.9 Å². The van der Waals surface area contributed by atoms with Crippen molar-refractivity contribution in [2.45, 2.75) is 5.92 Å². The largest absolute Gasteiger partial charge is 0.397 e. The number of hydrogen-bond donors (Lipinski definition) is 1. The number of ketones is 2. The molecular weight excluding hydrogens is 596 g/mol. The van der Waals surface area contributed by atoms with Gasteiger partial charge in [0.05, 0.1) is 16.9 Å². The van der Waals surface area contributed by atoms with Crippen LogP contribution in [0.5, 0.6) is 0 Å². The van der Waals surface area contributed by atoms with Crippen LogP contribution < -0.4 is 5.73 Å². The van der Waals surface area contributed by atoms with Crippen LogP contribution in [0.2, 0.25) is 0 Å². The number of benzene rings is 2. The van der Waals surface area contributed by atoms with E-state index in [9.17, 15) is 9.59 Å². The molecule has 0 saturated carbocycles. The van der Waals surface area contributed by atoms with Gasteiger partial charge in [-0.3, -0.25) is 9.59 Å². The first-order valence-corrected chi connectivity index (χ1v) is 10.6. The normalized spacial score (nSPS) is 14.3. The van der Waals surface area contributed by atoms with E-state index in [0.717, 1.165) is 5.39 Å². The van der Waals surface area contributed by atoms with Gasteiger partial charge in [-0.25, -0.2) is 4.98 Å². The smallest absolute Gasteiger partial charge is 0.181 e. The number of nitrogen functional groups attached to an aromatic ring is 1. The van der Waals surface area contributed by atoms with Crippen LogP contribution in [0.3, 0.4) is 0 Å². The number of anilines is 1. The first kappa shape index (κ1) is 18.3. The molecule has 130 valence electrons. The second kappa shape index (κ2) is 6.51. The van der Waals surface area contributed by atoms with E-state index in [1.54, 1.807) is 12.1 Å². The Balaban J connectivity index is 1.94. The lowest BCUT2D eigenvalue weighted by atomic mass is 9.98. The third kappa shape index (κ3) is 2.53. The van der Waals surface area contributed by atoms with Gasteiger partial charge in [0.2, 0.25) is 0 Å². The van der Waals surface area contributed by atoms with Crippen molar-refractivity contribution in [3.8, 4) is 0 Å². The van der Waals surface area contributed by atoms with E-state index in [-0.39, 0.29) is 11.6 Å². The standard InChI is InChI=1S/C18H8Br4N2O2/c19-12-10-11(13(20)15(22)14(12)21)18(26)9(17(10)25)8-5-4-6-2-1-3-7(23)16(6)24-8/h1-5,9H,23H2. The number of pyridine rings is 1. The zero-order chi connectivity index (χ0) is 18.7. The van der Waals surface area contributed by atoms with Crippen LogP contribution in [0, 0.1) is 0 Å². The van der Waals surface area contributed by atoms with Gasteiger partial charge in [0.15, 0.2) is 11.6 Å². The van der Waals surface area contributed by atoms with Gasteiger partial charge in [-0.1, -0.05) is 18.2 Å². The van der Waals surface area contributed by atoms with Crippen LogP contribution in [0.15, 0.2) is 48.2 Å². The third-order valence-electron chi connectivity index (χ3n) is 4.35. The van der Waals surface area contributed by atoms with E-state index < -0.39 is 5.92 Å². The summed E-state index contributed by atoms with van der Waals surface area (Å²) in [5.74, 6) is -1.55. The first-order chi connectivity index (χ1) is 12.3. The van der Waals surface area contributed by atoms with Crippen LogP contribution >= 0.6 is 63.7 Å². The van der Waals surface area contributed by atoms with Crippen molar-refractivity contribution < 1.29 is 9.59 Å². The Kier molecular flexibility index (Phi) is 4.58. The number of fused-ring (bicyclic) bond motifs is 2. The Morgan fingerprint density at radius 1 is 0.808 bits per heavy atom. The van der Waals surface area contributed by atoms with Crippen molar-refractivity contribution in [3.05, 3.63) is 65.0 Å². The molecule has 0 fully saturated rings. The van der Waals surface area contributed by atoms with Gasteiger partial charge < -0.3 is 5.73 Å². The van der Waals surface area contributed by atoms with Crippen molar-refractivity contribution in [2.24, 2.45) is 0 Å². The van der Waals surface area contributed by atoms with Crippen LogP contribution in [0.4, 0.5) is 5.69 Å². The molecule has 2 N–H and O–H groups in total. The Bertz CT molecular complexity index is 1100. The topological polar surface area (TPSA) is 73.1 Å². The monoisotopic (exact) mass is 600 g/mol. The number of hydrogen-bond acceptors (Lipinski definition) is 4. The summed E-state index contributed by atoms with van der Waals surface area (Å²) in [5.41, 5.74) is 8.20. The minimum absolute atomic E-state index is 0.285. The van der Waals surface area contributed by atoms with Crippen molar-refractivity contribution in [1.82, 2.24) is 4.98 Å². The Morgan fingerprint density at radius 3 is 1.96 bits per heavy atom. The van der Waals surface area contributed by atoms with Crippen LogP contribution in [-0.4, -0.2) is 16.6 Å². The maximum Gasteiger partial charge on any atom is 0.181 e. The molecule has 26 heavy (non-hydrogen) atoms. The maximum atomic E-state index is 13.1. The van der Waals surface area contributed by atoms with Crippen LogP contribution in [0.25, 0.3) is 10.9 Å². The summed E-state index contributed by atoms with van der Waals surface area (Å²) in [5, 5.41) is 0.858. The molecule has 1 aromatic heterocycles. The molecule has 0 saturated heterocycles. The zero-order valence-corrected chi connectivity index (χ0v) is 19.2. The lowest BCUT2D eigenvalue weighted by Gasteiger charge is -2.09. The van der Waals surface area contributed by atoms with E-state index in [4.69, 9.17) is 5.73 Å². The van der Waals surface area contributed by atoms with Crippen LogP contribution in [0.1, 0.15) is 32.3 Å². The lowest BCUT2D eigenvalue weighted by molar-refractivity contribution is 0.0887. The van der Waals surface area contributed by atoms with Crippen molar-refractivity contribution >= 4 is 91.9 Å². The number of halogens is 4. The highest BCUT2D eigenvalue weighted by Crippen LogP contribution is 2.48. The Hall–Kier alpha value is -1.09. The van der Waals surface area contributed by atoms with Crippen molar-refractivity contribution in [3.63, 3.8) is 0 Å². The molecule has 3 aromatic rings. The number of carbonyl (C=O) groups is 2. The predicted octanol–water partition coefficient (Wildman–Crippen LogP) is 6.03. The summed E-state index contributed by atoms with van der Waals surface area (Å²) in [4.78, 5) is 30.7. The summed E-state index contributed by atoms with van der Waals surface area (Å²) < 4.78 is 2.42. The molecular formula is C18H8Br4N2O2. The summed E-state index contributed by atoms with van der Waals surface area (Å²) in [6, 6.07) is 9.00. The number of Topliss-reactive ketones (excluding diaryl/α,β-unsaturated/α-hetero) is 2. The minimum atomic E-state index is -0.984. The Morgan fingerprint density at radius 2 is 1.38 bits per heavy atom. The van der Waals surface area contributed by atoms with Crippen LogP contribution in [-0.2, 0) is 0 Å². The van der Waals surface area contributed by atoms with Gasteiger partial charge in [-0.2, -0.15) is 0 Å². The SMILES string of the molecule is Nc1cccc2ccc(C3C(=O)c4c(Br)c(Br)c(Br)c(Br)c4C3=O)nc12. The summed E-state index contributed by atoms with van der Waals surface area (Å²) in [7, 11) is 0. The van der Waals surface area contributed by atoms with Gasteiger partial charge in [0.1, 0.15) is 5.92 Å². The number of para-hydroxylation sites is 1. The molecule has 0 bridgehead atoms. The molecule has 8 heteroatoms. The second-order valence-corrected chi connectivity index (χ2v) is 8.99. The molecule has 4 rings (SSSR count). The zero-order valence-electron chi connectivity index (χ0n) is 12.8. The highest BCUT2D eigenvalue weighted by molar-refractivity contribution is 9.15. The molecule has 1 aliphatic carbocycles. The summed E-state index contributed by atoms with van der Waals surface area (Å²) >= 11 is 13.7. The van der Waals surface area contributed by atoms with Gasteiger partial charge in [-0.15, -0.1) is 0 Å². The molecule has 0 spiro atoms. The average molecular weight is 604 g/mol. The van der Waals surface area contributed by atoms with Crippen molar-refractivity contribution in [2.75, 3.05) is 5.73 Å². The molecule has 4 nitrogen and oxygen atoms in total. The van der Waals surface area contributed by atoms with Gasteiger partial charge in [0, 0.05) is 34.4 Å². The van der Waals surface area contributed by atoms with E-state index in [1.807, 2.05) is 18.2 Å². The second-order valence-electron chi connectivity index (χ2n) is 5.82. The molecule has 0 amide bonds. The summed E-state index contributed by atoms with van der Waals surface area (Å²) in [6.07, 6.45) is 0. The number of nitrogens with two attached hydrogens (primary N) is 1. The quantitative estimate of drug-likeness (QED) is 0.160. The molecule has 0 radical (unpaired) electrons. The molecule has 0 aliphatic heterocycles. The third-order valence-corrected chi connectivity index (χ3v) is 9.12. The number of aromatic nitrogens is 1. The van der Waals surface area contributed by atoms with E-state index in [0.29, 0.717) is 45.9 Å². The molecule has 2 aromatic carbocycles. The first-order valence-electron chi connectivity index (χ1n) is 7.42. The highest BCUT2D eigenvalue weighted by atomic mass is 79.9. The number of carbonyl (C=O) groups excluding carboxylic acids is 2. The lowest BCUT2D eigenvalue weighted by Crippen LogP contribution is -2.14. The fourth-order valence-electron chi connectivity index (χ4n) is 3.12.